The number of methoxy groups -OCH3 is 2. The average Bonchev–Trinajstić information content (AvgIpc) is 2.63. The van der Waals surface area contributed by atoms with Crippen molar-refractivity contribution in [2.75, 3.05) is 14.2 Å². The molecule has 0 unspecified atom stereocenters. The van der Waals surface area contributed by atoms with Gasteiger partial charge in [-0.05, 0) is 47.7 Å². The summed E-state index contributed by atoms with van der Waals surface area (Å²) in [6.45, 7) is 4.57. The van der Waals surface area contributed by atoms with Crippen LogP contribution in [0.1, 0.15) is 50.2 Å². The summed E-state index contributed by atoms with van der Waals surface area (Å²) in [6.07, 6.45) is 3.62. The van der Waals surface area contributed by atoms with Gasteiger partial charge >= 0.3 is 0 Å². The molecule has 0 bridgehead atoms. The zero-order valence-electron chi connectivity index (χ0n) is 14.7. The number of ether oxygens (including phenoxy) is 2. The minimum absolute atomic E-state index is 0.414. The van der Waals surface area contributed by atoms with Gasteiger partial charge in [-0.3, -0.25) is 0 Å². The van der Waals surface area contributed by atoms with Crippen LogP contribution in [-0.2, 0) is 0 Å². The van der Waals surface area contributed by atoms with Crippen molar-refractivity contribution in [3.8, 4) is 11.5 Å². The molecular weight excluding hydrogens is 284 g/mol. The molecule has 0 fully saturated rings. The Morgan fingerprint density at radius 1 is 0.696 bits per heavy atom. The third kappa shape index (κ3) is 4.51. The second-order valence-corrected chi connectivity index (χ2v) is 6.02. The standard InChI is InChI=1S/C21H28O2/c1-5-16(6-2)15-21(17-7-11-19(22-3)12-8-17)18-9-13-20(23-4)14-10-18/h7-14,16,21H,5-6,15H2,1-4H3. The molecule has 23 heavy (non-hydrogen) atoms. The zero-order chi connectivity index (χ0) is 16.7. The third-order valence-electron chi connectivity index (χ3n) is 4.76. The van der Waals surface area contributed by atoms with Crippen molar-refractivity contribution < 1.29 is 9.47 Å². The summed E-state index contributed by atoms with van der Waals surface area (Å²) in [5.74, 6) is 2.97. The Morgan fingerprint density at radius 2 is 1.09 bits per heavy atom. The highest BCUT2D eigenvalue weighted by atomic mass is 16.5. The van der Waals surface area contributed by atoms with E-state index in [0.29, 0.717) is 5.92 Å². The van der Waals surface area contributed by atoms with Gasteiger partial charge in [-0.1, -0.05) is 51.0 Å². The molecule has 0 radical (unpaired) electrons. The van der Waals surface area contributed by atoms with Crippen LogP contribution in [0.2, 0.25) is 0 Å². The van der Waals surface area contributed by atoms with E-state index in [2.05, 4.69) is 62.4 Å². The first-order valence-electron chi connectivity index (χ1n) is 8.49. The van der Waals surface area contributed by atoms with Gasteiger partial charge in [-0.2, -0.15) is 0 Å². The highest BCUT2D eigenvalue weighted by molar-refractivity contribution is 5.38. The van der Waals surface area contributed by atoms with Crippen LogP contribution < -0.4 is 9.47 Å². The molecule has 0 aliphatic rings. The summed E-state index contributed by atoms with van der Waals surface area (Å²) < 4.78 is 10.6. The Morgan fingerprint density at radius 3 is 1.39 bits per heavy atom. The van der Waals surface area contributed by atoms with Gasteiger partial charge in [0, 0.05) is 5.92 Å². The zero-order valence-corrected chi connectivity index (χ0v) is 14.7. The van der Waals surface area contributed by atoms with Gasteiger partial charge in [0.1, 0.15) is 11.5 Å². The highest BCUT2D eigenvalue weighted by Gasteiger charge is 2.18. The van der Waals surface area contributed by atoms with Crippen LogP contribution in [0.5, 0.6) is 11.5 Å². The van der Waals surface area contributed by atoms with E-state index in [1.807, 2.05) is 0 Å². The quantitative estimate of drug-likeness (QED) is 0.626. The monoisotopic (exact) mass is 312 g/mol. The molecule has 0 aliphatic carbocycles. The van der Waals surface area contributed by atoms with Gasteiger partial charge in [-0.15, -0.1) is 0 Å². The van der Waals surface area contributed by atoms with Crippen molar-refractivity contribution in [3.05, 3.63) is 59.7 Å². The van der Waals surface area contributed by atoms with Gasteiger partial charge < -0.3 is 9.47 Å². The van der Waals surface area contributed by atoms with Gasteiger partial charge in [-0.25, -0.2) is 0 Å². The van der Waals surface area contributed by atoms with Crippen LogP contribution in [0.4, 0.5) is 0 Å². The molecule has 2 nitrogen and oxygen atoms in total. The normalized spacial score (nSPS) is 11.0. The predicted molar refractivity (Wildman–Crippen MR) is 96.5 cm³/mol. The average molecular weight is 312 g/mol. The van der Waals surface area contributed by atoms with Crippen molar-refractivity contribution in [2.45, 2.75) is 39.0 Å². The predicted octanol–water partition coefficient (Wildman–Crippen LogP) is 5.66. The maximum Gasteiger partial charge on any atom is 0.118 e. The SMILES string of the molecule is CCC(CC)CC(c1ccc(OC)cc1)c1ccc(OC)cc1. The lowest BCUT2D eigenvalue weighted by Gasteiger charge is -2.23. The molecule has 2 rings (SSSR count). The molecule has 0 heterocycles. The second-order valence-electron chi connectivity index (χ2n) is 6.02. The van der Waals surface area contributed by atoms with Crippen LogP contribution in [-0.4, -0.2) is 14.2 Å². The van der Waals surface area contributed by atoms with E-state index in [-0.39, 0.29) is 0 Å². The first-order chi connectivity index (χ1) is 11.2. The van der Waals surface area contributed by atoms with Crippen LogP contribution >= 0.6 is 0 Å². The van der Waals surface area contributed by atoms with E-state index in [4.69, 9.17) is 9.47 Å². The number of hydrogen-bond acceptors (Lipinski definition) is 2. The van der Waals surface area contributed by atoms with E-state index < -0.39 is 0 Å². The molecule has 2 heteroatoms. The summed E-state index contributed by atoms with van der Waals surface area (Å²) in [6, 6.07) is 17.0. The Bertz CT molecular complexity index is 520. The van der Waals surface area contributed by atoms with E-state index in [9.17, 15) is 0 Å². The van der Waals surface area contributed by atoms with Gasteiger partial charge in [0.15, 0.2) is 0 Å². The van der Waals surface area contributed by atoms with Crippen molar-refractivity contribution in [1.82, 2.24) is 0 Å². The molecule has 0 amide bonds. The smallest absolute Gasteiger partial charge is 0.118 e. The fourth-order valence-electron chi connectivity index (χ4n) is 3.09. The van der Waals surface area contributed by atoms with E-state index in [1.165, 1.54) is 30.4 Å². The minimum atomic E-state index is 0.414. The maximum atomic E-state index is 5.29. The van der Waals surface area contributed by atoms with Gasteiger partial charge in [0.25, 0.3) is 0 Å². The Hall–Kier alpha value is -1.96. The summed E-state index contributed by atoms with van der Waals surface area (Å²) in [4.78, 5) is 0. The largest absolute Gasteiger partial charge is 0.497 e. The summed E-state index contributed by atoms with van der Waals surface area (Å²) in [5.41, 5.74) is 2.70. The summed E-state index contributed by atoms with van der Waals surface area (Å²) in [7, 11) is 3.42. The number of benzene rings is 2. The van der Waals surface area contributed by atoms with E-state index in [1.54, 1.807) is 14.2 Å². The van der Waals surface area contributed by atoms with Crippen LogP contribution in [0, 0.1) is 5.92 Å². The highest BCUT2D eigenvalue weighted by Crippen LogP contribution is 2.34. The molecule has 124 valence electrons. The van der Waals surface area contributed by atoms with Gasteiger partial charge in [0.05, 0.1) is 14.2 Å². The minimum Gasteiger partial charge on any atom is -0.497 e. The van der Waals surface area contributed by atoms with Crippen LogP contribution in [0.15, 0.2) is 48.5 Å². The van der Waals surface area contributed by atoms with Crippen molar-refractivity contribution in [3.63, 3.8) is 0 Å². The lowest BCUT2D eigenvalue weighted by Crippen LogP contribution is -2.08. The van der Waals surface area contributed by atoms with Gasteiger partial charge in [0.2, 0.25) is 0 Å². The van der Waals surface area contributed by atoms with E-state index in [0.717, 1.165) is 17.4 Å². The van der Waals surface area contributed by atoms with Crippen molar-refractivity contribution in [1.29, 1.82) is 0 Å². The fraction of sp³-hybridized carbons (Fsp3) is 0.429. The fourth-order valence-corrected chi connectivity index (χ4v) is 3.09. The molecule has 0 spiro atoms. The maximum absolute atomic E-state index is 5.29. The molecule has 0 saturated carbocycles. The molecule has 2 aromatic rings. The molecule has 0 aliphatic heterocycles. The molecule has 0 N–H and O–H groups in total. The summed E-state index contributed by atoms with van der Waals surface area (Å²) in [5, 5.41) is 0. The first-order valence-corrected chi connectivity index (χ1v) is 8.49. The molecule has 2 aromatic carbocycles. The Kier molecular flexibility index (Phi) is 6.52. The number of rotatable bonds is 8. The molecule has 0 aromatic heterocycles. The molecule has 0 atom stereocenters. The number of hydrogen-bond donors (Lipinski definition) is 0. The van der Waals surface area contributed by atoms with Crippen LogP contribution in [0.3, 0.4) is 0 Å². The van der Waals surface area contributed by atoms with Crippen molar-refractivity contribution in [2.24, 2.45) is 5.92 Å². The van der Waals surface area contributed by atoms with Crippen molar-refractivity contribution >= 4 is 0 Å². The lowest BCUT2D eigenvalue weighted by atomic mass is 9.82. The first kappa shape index (κ1) is 17.4. The molecule has 0 saturated heterocycles. The Balaban J connectivity index is 2.32. The summed E-state index contributed by atoms with van der Waals surface area (Å²) >= 11 is 0. The Labute approximate surface area is 140 Å². The molecular formula is C21H28O2. The lowest BCUT2D eigenvalue weighted by molar-refractivity contribution is 0.412. The van der Waals surface area contributed by atoms with E-state index >= 15 is 0 Å². The second kappa shape index (κ2) is 8.61. The van der Waals surface area contributed by atoms with Crippen LogP contribution in [0.25, 0.3) is 0 Å². The topological polar surface area (TPSA) is 18.5 Å². The third-order valence-corrected chi connectivity index (χ3v) is 4.76.